The first-order valence-electron chi connectivity index (χ1n) is 8.12. The number of carbonyl (C=O) groups excluding carboxylic acids is 1. The van der Waals surface area contributed by atoms with Crippen molar-refractivity contribution in [3.63, 3.8) is 0 Å². The number of halogens is 1. The molecular formula is C18H20FN3O2. The summed E-state index contributed by atoms with van der Waals surface area (Å²) in [7, 11) is 0. The second-order valence-corrected chi connectivity index (χ2v) is 6.36. The van der Waals surface area contributed by atoms with Crippen molar-refractivity contribution in [1.29, 1.82) is 0 Å². The van der Waals surface area contributed by atoms with Crippen LogP contribution in [0.5, 0.6) is 0 Å². The first-order chi connectivity index (χ1) is 11.5. The van der Waals surface area contributed by atoms with Gasteiger partial charge in [-0.3, -0.25) is 9.59 Å². The Balaban J connectivity index is 2.03. The number of likely N-dealkylation sites (tertiary alicyclic amines) is 1. The predicted octanol–water partition coefficient (Wildman–Crippen LogP) is 2.55. The molecule has 1 aliphatic heterocycles. The first-order valence-corrected chi connectivity index (χ1v) is 8.12. The highest BCUT2D eigenvalue weighted by Gasteiger charge is 2.25. The van der Waals surface area contributed by atoms with Crippen molar-refractivity contribution in [2.45, 2.75) is 26.7 Å². The van der Waals surface area contributed by atoms with Gasteiger partial charge in [0.1, 0.15) is 11.5 Å². The average Bonchev–Trinajstić information content (AvgIpc) is 2.55. The van der Waals surface area contributed by atoms with Gasteiger partial charge in [-0.05, 0) is 37.8 Å². The number of aromatic nitrogens is 2. The summed E-state index contributed by atoms with van der Waals surface area (Å²) >= 11 is 0. The van der Waals surface area contributed by atoms with E-state index in [0.29, 0.717) is 24.7 Å². The lowest BCUT2D eigenvalue weighted by Gasteiger charge is -2.30. The van der Waals surface area contributed by atoms with E-state index in [2.05, 4.69) is 12.0 Å². The number of amides is 1. The lowest BCUT2D eigenvalue weighted by Crippen LogP contribution is -2.42. The second kappa shape index (κ2) is 6.55. The molecule has 0 radical (unpaired) electrons. The molecule has 1 fully saturated rings. The van der Waals surface area contributed by atoms with Gasteiger partial charge in [0.2, 0.25) is 5.43 Å². The lowest BCUT2D eigenvalue weighted by atomic mass is 10.00. The third kappa shape index (κ3) is 3.09. The fourth-order valence-corrected chi connectivity index (χ4v) is 3.09. The number of piperidine rings is 1. The summed E-state index contributed by atoms with van der Waals surface area (Å²) in [5.41, 5.74) is 0.117. The number of hydrogen-bond donors (Lipinski definition) is 0. The number of carbonyl (C=O) groups is 1. The minimum Gasteiger partial charge on any atom is -0.337 e. The molecule has 6 heteroatoms. The molecule has 2 aromatic rings. The van der Waals surface area contributed by atoms with E-state index in [9.17, 15) is 14.0 Å². The Morgan fingerprint density at radius 1 is 1.33 bits per heavy atom. The Morgan fingerprint density at radius 2 is 2.08 bits per heavy atom. The van der Waals surface area contributed by atoms with Crippen LogP contribution in [-0.2, 0) is 0 Å². The minimum atomic E-state index is -0.457. The molecule has 1 saturated heterocycles. The van der Waals surface area contributed by atoms with E-state index in [1.54, 1.807) is 30.0 Å². The molecule has 24 heavy (non-hydrogen) atoms. The van der Waals surface area contributed by atoms with Crippen LogP contribution < -0.4 is 5.43 Å². The number of benzene rings is 1. The zero-order valence-corrected chi connectivity index (χ0v) is 13.8. The van der Waals surface area contributed by atoms with Gasteiger partial charge in [0, 0.05) is 24.8 Å². The Bertz CT molecular complexity index is 831. The van der Waals surface area contributed by atoms with Crippen LogP contribution >= 0.6 is 0 Å². The van der Waals surface area contributed by atoms with Crippen LogP contribution in [0.4, 0.5) is 4.39 Å². The van der Waals surface area contributed by atoms with Gasteiger partial charge in [0.15, 0.2) is 5.69 Å². The molecule has 1 atom stereocenters. The van der Waals surface area contributed by atoms with Crippen LogP contribution in [0.3, 0.4) is 0 Å². The monoisotopic (exact) mass is 329 g/mol. The first kappa shape index (κ1) is 16.4. The highest BCUT2D eigenvalue weighted by Crippen LogP contribution is 2.17. The van der Waals surface area contributed by atoms with E-state index in [1.165, 1.54) is 16.8 Å². The van der Waals surface area contributed by atoms with Crippen molar-refractivity contribution in [2.75, 3.05) is 13.1 Å². The molecule has 0 spiro atoms. The van der Waals surface area contributed by atoms with Gasteiger partial charge in [-0.1, -0.05) is 19.1 Å². The van der Waals surface area contributed by atoms with Crippen molar-refractivity contribution in [1.82, 2.24) is 14.7 Å². The third-order valence-corrected chi connectivity index (χ3v) is 4.33. The number of hydrogen-bond acceptors (Lipinski definition) is 3. The Hall–Kier alpha value is -2.50. The minimum absolute atomic E-state index is 0.155. The van der Waals surface area contributed by atoms with Crippen LogP contribution in [0.2, 0.25) is 0 Å². The number of rotatable bonds is 2. The van der Waals surface area contributed by atoms with Gasteiger partial charge in [-0.25, -0.2) is 9.07 Å². The zero-order chi connectivity index (χ0) is 17.3. The molecule has 1 amide bonds. The predicted molar refractivity (Wildman–Crippen MR) is 88.8 cm³/mol. The molecule has 2 heterocycles. The van der Waals surface area contributed by atoms with Crippen LogP contribution in [0, 0.1) is 18.7 Å². The molecule has 0 bridgehead atoms. The van der Waals surface area contributed by atoms with Gasteiger partial charge < -0.3 is 4.90 Å². The van der Waals surface area contributed by atoms with E-state index >= 15 is 0 Å². The van der Waals surface area contributed by atoms with Crippen LogP contribution in [0.1, 0.15) is 35.9 Å². The summed E-state index contributed by atoms with van der Waals surface area (Å²) in [6.07, 6.45) is 1.99. The number of para-hydroxylation sites is 1. The van der Waals surface area contributed by atoms with Crippen molar-refractivity contribution in [3.05, 3.63) is 57.8 Å². The van der Waals surface area contributed by atoms with E-state index in [-0.39, 0.29) is 17.3 Å². The molecule has 0 N–H and O–H groups in total. The fraction of sp³-hybridized carbons (Fsp3) is 0.389. The van der Waals surface area contributed by atoms with Gasteiger partial charge in [-0.2, -0.15) is 5.10 Å². The summed E-state index contributed by atoms with van der Waals surface area (Å²) in [5.74, 6) is -0.430. The molecule has 3 rings (SSSR count). The Morgan fingerprint density at radius 3 is 2.79 bits per heavy atom. The van der Waals surface area contributed by atoms with Gasteiger partial charge in [0.05, 0.1) is 0 Å². The average molecular weight is 329 g/mol. The maximum absolute atomic E-state index is 14.1. The van der Waals surface area contributed by atoms with Crippen LogP contribution in [0.25, 0.3) is 5.69 Å². The van der Waals surface area contributed by atoms with E-state index in [0.717, 1.165) is 12.8 Å². The molecular weight excluding hydrogens is 309 g/mol. The zero-order valence-electron chi connectivity index (χ0n) is 13.8. The molecule has 126 valence electrons. The highest BCUT2D eigenvalue weighted by atomic mass is 19.1. The van der Waals surface area contributed by atoms with Crippen molar-refractivity contribution < 1.29 is 9.18 Å². The maximum Gasteiger partial charge on any atom is 0.278 e. The Labute approximate surface area is 139 Å². The summed E-state index contributed by atoms with van der Waals surface area (Å²) in [6.45, 7) is 4.99. The van der Waals surface area contributed by atoms with Gasteiger partial charge in [0.25, 0.3) is 5.91 Å². The van der Waals surface area contributed by atoms with E-state index in [4.69, 9.17) is 0 Å². The molecule has 0 aliphatic carbocycles. The number of aryl methyl sites for hydroxylation is 1. The summed E-state index contributed by atoms with van der Waals surface area (Å²) in [6, 6.07) is 7.49. The lowest BCUT2D eigenvalue weighted by molar-refractivity contribution is 0.0673. The molecule has 1 aliphatic rings. The summed E-state index contributed by atoms with van der Waals surface area (Å²) < 4.78 is 15.4. The van der Waals surface area contributed by atoms with Crippen molar-refractivity contribution >= 4 is 5.91 Å². The van der Waals surface area contributed by atoms with Gasteiger partial charge >= 0.3 is 0 Å². The van der Waals surface area contributed by atoms with Gasteiger partial charge in [-0.15, -0.1) is 0 Å². The third-order valence-electron chi connectivity index (χ3n) is 4.33. The van der Waals surface area contributed by atoms with Crippen molar-refractivity contribution in [2.24, 2.45) is 5.92 Å². The maximum atomic E-state index is 14.1. The standard InChI is InChI=1S/C18H20FN3O2/c1-12-6-5-9-21(11-12)18(24)17-16(23)10-13(2)22(20-17)15-8-4-3-7-14(15)19/h3-4,7-8,10,12H,5-6,9,11H2,1-2H3. The largest absolute Gasteiger partial charge is 0.337 e. The van der Waals surface area contributed by atoms with E-state index < -0.39 is 11.2 Å². The summed E-state index contributed by atoms with van der Waals surface area (Å²) in [4.78, 5) is 26.6. The molecule has 1 aromatic heterocycles. The SMILES string of the molecule is Cc1cc(=O)c(C(=O)N2CCCC(C)C2)nn1-c1ccccc1F. The quantitative estimate of drug-likeness (QED) is 0.851. The highest BCUT2D eigenvalue weighted by molar-refractivity contribution is 5.92. The summed E-state index contributed by atoms with van der Waals surface area (Å²) in [5, 5.41) is 4.18. The van der Waals surface area contributed by atoms with Crippen molar-refractivity contribution in [3.8, 4) is 5.69 Å². The normalized spacial score (nSPS) is 17.8. The Kier molecular flexibility index (Phi) is 4.46. The van der Waals surface area contributed by atoms with E-state index in [1.807, 2.05) is 0 Å². The molecule has 1 aromatic carbocycles. The molecule has 5 nitrogen and oxygen atoms in total. The second-order valence-electron chi connectivity index (χ2n) is 6.36. The molecule has 1 unspecified atom stereocenters. The molecule has 0 saturated carbocycles. The van der Waals surface area contributed by atoms with Crippen LogP contribution in [0.15, 0.2) is 35.1 Å². The fourth-order valence-electron chi connectivity index (χ4n) is 3.09. The smallest absolute Gasteiger partial charge is 0.278 e. The topological polar surface area (TPSA) is 55.2 Å². The number of nitrogens with zero attached hydrogens (tertiary/aromatic N) is 3. The van der Waals surface area contributed by atoms with Crippen LogP contribution in [-0.4, -0.2) is 33.7 Å².